The van der Waals surface area contributed by atoms with E-state index in [1.54, 1.807) is 0 Å². The molecule has 1 nitrogen and oxygen atoms in total. The monoisotopic (exact) mass is 191 g/mol. The van der Waals surface area contributed by atoms with Gasteiger partial charge in [-0.2, -0.15) is 0 Å². The topological polar surface area (TPSA) is 12.9 Å². The van der Waals surface area contributed by atoms with Gasteiger partial charge in [-0.15, -0.1) is 0 Å². The minimum Gasteiger partial charge on any atom is -0.264 e. The zero-order valence-electron chi connectivity index (χ0n) is 7.42. The van der Waals surface area contributed by atoms with Gasteiger partial charge in [0.1, 0.15) is 0 Å². The smallest absolute Gasteiger partial charge is 0.0488 e. The van der Waals surface area contributed by atoms with Crippen LogP contribution < -0.4 is 0 Å². The number of nitrogens with zero attached hydrogens (tertiary/aromatic N) is 1. The summed E-state index contributed by atoms with van der Waals surface area (Å²) >= 11 is 6.11. The summed E-state index contributed by atoms with van der Waals surface area (Å²) in [6, 6.07) is 5.90. The number of hydrogen-bond donors (Lipinski definition) is 0. The highest BCUT2D eigenvalue weighted by atomic mass is 35.5. The largest absolute Gasteiger partial charge is 0.264 e. The standard InChI is InChI=1S/C11H10ClN/c1-2-8-6-13-7-9-4-3-5-10(12)11(8)9/h3-7H,2H2,1H3. The van der Waals surface area contributed by atoms with Gasteiger partial charge in [0.2, 0.25) is 0 Å². The third-order valence-corrected chi connectivity index (χ3v) is 2.51. The normalized spacial score (nSPS) is 10.6. The number of pyridine rings is 1. The predicted octanol–water partition coefficient (Wildman–Crippen LogP) is 3.45. The Hall–Kier alpha value is -1.08. The van der Waals surface area contributed by atoms with Gasteiger partial charge in [-0.1, -0.05) is 30.7 Å². The first-order valence-electron chi connectivity index (χ1n) is 4.34. The first-order chi connectivity index (χ1) is 6.33. The van der Waals surface area contributed by atoms with Crippen molar-refractivity contribution in [1.29, 1.82) is 0 Å². The molecule has 0 saturated carbocycles. The lowest BCUT2D eigenvalue weighted by Crippen LogP contribution is -1.86. The highest BCUT2D eigenvalue weighted by Crippen LogP contribution is 2.25. The Morgan fingerprint density at radius 3 is 2.92 bits per heavy atom. The summed E-state index contributed by atoms with van der Waals surface area (Å²) in [6.07, 6.45) is 4.70. The molecule has 1 aromatic carbocycles. The predicted molar refractivity (Wildman–Crippen MR) is 56.1 cm³/mol. The molecule has 0 amide bonds. The van der Waals surface area contributed by atoms with Crippen LogP contribution in [-0.4, -0.2) is 4.98 Å². The molecule has 0 aliphatic rings. The number of benzene rings is 1. The van der Waals surface area contributed by atoms with Crippen molar-refractivity contribution in [2.24, 2.45) is 0 Å². The van der Waals surface area contributed by atoms with Crippen molar-refractivity contribution in [3.8, 4) is 0 Å². The van der Waals surface area contributed by atoms with Crippen LogP contribution in [0.25, 0.3) is 10.8 Å². The molecule has 0 saturated heterocycles. The molecule has 2 heteroatoms. The number of rotatable bonds is 1. The van der Waals surface area contributed by atoms with Gasteiger partial charge in [0.15, 0.2) is 0 Å². The summed E-state index contributed by atoms with van der Waals surface area (Å²) < 4.78 is 0. The molecule has 0 N–H and O–H groups in total. The summed E-state index contributed by atoms with van der Waals surface area (Å²) in [6.45, 7) is 2.11. The molecule has 1 heterocycles. The SMILES string of the molecule is CCc1cncc2cccc(Cl)c12. The highest BCUT2D eigenvalue weighted by molar-refractivity contribution is 6.35. The Morgan fingerprint density at radius 1 is 1.31 bits per heavy atom. The molecule has 2 rings (SSSR count). The van der Waals surface area contributed by atoms with Crippen molar-refractivity contribution >= 4 is 22.4 Å². The van der Waals surface area contributed by atoms with E-state index in [-0.39, 0.29) is 0 Å². The fraction of sp³-hybridized carbons (Fsp3) is 0.182. The molecular formula is C11H10ClN. The Bertz CT molecular complexity index is 432. The zero-order chi connectivity index (χ0) is 9.26. The van der Waals surface area contributed by atoms with Crippen molar-refractivity contribution in [1.82, 2.24) is 4.98 Å². The number of fused-ring (bicyclic) bond motifs is 1. The number of hydrogen-bond acceptors (Lipinski definition) is 1. The third-order valence-electron chi connectivity index (χ3n) is 2.19. The van der Waals surface area contributed by atoms with E-state index in [4.69, 9.17) is 11.6 Å². The third kappa shape index (κ3) is 1.40. The lowest BCUT2D eigenvalue weighted by Gasteiger charge is -2.04. The van der Waals surface area contributed by atoms with Gasteiger partial charge >= 0.3 is 0 Å². The van der Waals surface area contributed by atoms with Gasteiger partial charge < -0.3 is 0 Å². The maximum Gasteiger partial charge on any atom is 0.0488 e. The summed E-state index contributed by atoms with van der Waals surface area (Å²) in [5.41, 5.74) is 1.21. The Kier molecular flexibility index (Phi) is 2.19. The van der Waals surface area contributed by atoms with Crippen LogP contribution in [0.3, 0.4) is 0 Å². The molecule has 66 valence electrons. The molecule has 1 aromatic heterocycles. The molecule has 0 atom stereocenters. The summed E-state index contributed by atoms with van der Waals surface area (Å²) in [4.78, 5) is 4.17. The van der Waals surface area contributed by atoms with E-state index >= 15 is 0 Å². The van der Waals surface area contributed by atoms with Crippen molar-refractivity contribution in [3.63, 3.8) is 0 Å². The van der Waals surface area contributed by atoms with Gasteiger partial charge in [0.25, 0.3) is 0 Å². The maximum atomic E-state index is 6.11. The van der Waals surface area contributed by atoms with Gasteiger partial charge in [0, 0.05) is 28.2 Å². The van der Waals surface area contributed by atoms with Crippen molar-refractivity contribution in [2.75, 3.05) is 0 Å². The van der Waals surface area contributed by atoms with Crippen LogP contribution in [0.15, 0.2) is 30.6 Å². The lowest BCUT2D eigenvalue weighted by molar-refractivity contribution is 1.13. The van der Waals surface area contributed by atoms with Crippen LogP contribution in [-0.2, 0) is 6.42 Å². The average molecular weight is 192 g/mol. The van der Waals surface area contributed by atoms with Crippen LogP contribution in [0, 0.1) is 0 Å². The van der Waals surface area contributed by atoms with Crippen molar-refractivity contribution in [3.05, 3.63) is 41.2 Å². The van der Waals surface area contributed by atoms with Gasteiger partial charge in [-0.05, 0) is 18.1 Å². The molecule has 13 heavy (non-hydrogen) atoms. The number of aryl methyl sites for hydroxylation is 1. The summed E-state index contributed by atoms with van der Waals surface area (Å²) in [7, 11) is 0. The number of aromatic nitrogens is 1. The first kappa shape index (κ1) is 8.52. The van der Waals surface area contributed by atoms with Crippen LogP contribution in [0.1, 0.15) is 12.5 Å². The van der Waals surface area contributed by atoms with Gasteiger partial charge in [0.05, 0.1) is 0 Å². The maximum absolute atomic E-state index is 6.11. The second-order valence-corrected chi connectivity index (χ2v) is 3.40. The first-order valence-corrected chi connectivity index (χ1v) is 4.72. The fourth-order valence-corrected chi connectivity index (χ4v) is 1.83. The number of halogens is 1. The molecule has 0 fully saturated rings. The summed E-state index contributed by atoms with van der Waals surface area (Å²) in [5, 5.41) is 3.07. The van der Waals surface area contributed by atoms with E-state index in [0.29, 0.717) is 0 Å². The Balaban J connectivity index is 2.87. The minimum atomic E-state index is 0.816. The van der Waals surface area contributed by atoms with Crippen LogP contribution in [0.5, 0.6) is 0 Å². The fourth-order valence-electron chi connectivity index (χ4n) is 1.53. The van der Waals surface area contributed by atoms with Crippen molar-refractivity contribution < 1.29 is 0 Å². The molecular weight excluding hydrogens is 182 g/mol. The minimum absolute atomic E-state index is 0.816. The molecule has 0 unspecified atom stereocenters. The van der Waals surface area contributed by atoms with E-state index in [1.165, 1.54) is 5.56 Å². The van der Waals surface area contributed by atoms with E-state index in [9.17, 15) is 0 Å². The van der Waals surface area contributed by atoms with Crippen LogP contribution >= 0.6 is 11.6 Å². The Morgan fingerprint density at radius 2 is 2.15 bits per heavy atom. The van der Waals surface area contributed by atoms with Crippen LogP contribution in [0.4, 0.5) is 0 Å². The second-order valence-electron chi connectivity index (χ2n) is 2.99. The van der Waals surface area contributed by atoms with Crippen molar-refractivity contribution in [2.45, 2.75) is 13.3 Å². The van der Waals surface area contributed by atoms with Crippen LogP contribution in [0.2, 0.25) is 5.02 Å². The second kappa shape index (κ2) is 3.35. The van der Waals surface area contributed by atoms with E-state index in [0.717, 1.165) is 22.2 Å². The lowest BCUT2D eigenvalue weighted by atomic mass is 10.1. The Labute approximate surface area is 82.4 Å². The zero-order valence-corrected chi connectivity index (χ0v) is 8.17. The quantitative estimate of drug-likeness (QED) is 0.673. The highest BCUT2D eigenvalue weighted by Gasteiger charge is 2.02. The molecule has 0 spiro atoms. The molecule has 2 aromatic rings. The summed E-state index contributed by atoms with van der Waals surface area (Å²) in [5.74, 6) is 0. The van der Waals surface area contributed by atoms with E-state index in [1.807, 2.05) is 30.6 Å². The van der Waals surface area contributed by atoms with E-state index in [2.05, 4.69) is 11.9 Å². The molecule has 0 aliphatic heterocycles. The van der Waals surface area contributed by atoms with Gasteiger partial charge in [-0.25, -0.2) is 0 Å². The molecule has 0 aliphatic carbocycles. The van der Waals surface area contributed by atoms with E-state index < -0.39 is 0 Å². The van der Waals surface area contributed by atoms with Gasteiger partial charge in [-0.3, -0.25) is 4.98 Å². The molecule has 0 radical (unpaired) electrons. The molecule has 0 bridgehead atoms. The average Bonchev–Trinajstić information content (AvgIpc) is 2.17.